The number of benzene rings is 2. The van der Waals surface area contributed by atoms with E-state index in [1.54, 1.807) is 22.7 Å². The molecule has 40 heavy (non-hydrogen) atoms. The van der Waals surface area contributed by atoms with Crippen molar-refractivity contribution in [2.45, 2.75) is 26.2 Å². The molecule has 0 unspecified atom stereocenters. The number of rotatable bonds is 12. The molecule has 2 aromatic carbocycles. The first kappa shape index (κ1) is 28.5. The highest BCUT2D eigenvalue weighted by Gasteiger charge is 2.22. The highest BCUT2D eigenvalue weighted by molar-refractivity contribution is 5.96. The number of carbonyl (C=O) groups is 1. The highest BCUT2D eigenvalue weighted by atomic mass is 19.2. The predicted octanol–water partition coefficient (Wildman–Crippen LogP) is 3.74. The van der Waals surface area contributed by atoms with Crippen LogP contribution in [0.1, 0.15) is 41.3 Å². The van der Waals surface area contributed by atoms with Gasteiger partial charge >= 0.3 is 0 Å². The third-order valence-corrected chi connectivity index (χ3v) is 6.56. The van der Waals surface area contributed by atoms with Gasteiger partial charge < -0.3 is 26.8 Å². The molecular weight excluding hydrogens is 516 g/mol. The first-order valence-corrected chi connectivity index (χ1v) is 12.8. The second-order valence-corrected chi connectivity index (χ2v) is 9.13. The molecule has 4 rings (SSSR count). The van der Waals surface area contributed by atoms with Gasteiger partial charge in [0.25, 0.3) is 0 Å². The molecule has 0 aliphatic carbocycles. The van der Waals surface area contributed by atoms with Gasteiger partial charge in [0.15, 0.2) is 23.0 Å². The second-order valence-electron chi connectivity index (χ2n) is 9.13. The summed E-state index contributed by atoms with van der Waals surface area (Å²) in [6.45, 7) is 5.60. The normalized spacial score (nSPS) is 11.8. The summed E-state index contributed by atoms with van der Waals surface area (Å²) in [7, 11) is 0. The quantitative estimate of drug-likeness (QED) is 0.157. The van der Waals surface area contributed by atoms with E-state index in [4.69, 9.17) is 22.6 Å². The van der Waals surface area contributed by atoms with Crippen LogP contribution in [-0.4, -0.2) is 46.5 Å². The van der Waals surface area contributed by atoms with Gasteiger partial charge in [0, 0.05) is 48.8 Å². The number of nitrogens with two attached hydrogens (primary N) is 2. The number of nitrogens with one attached hydrogen (secondary N) is 2. The summed E-state index contributed by atoms with van der Waals surface area (Å²) in [5.41, 5.74) is 14.9. The molecule has 4 aromatic rings. The molecule has 9 nitrogen and oxygen atoms in total. The summed E-state index contributed by atoms with van der Waals surface area (Å²) in [6, 6.07) is 6.20. The molecule has 0 saturated carbocycles. The van der Waals surface area contributed by atoms with E-state index in [0.717, 1.165) is 16.8 Å². The fourth-order valence-electron chi connectivity index (χ4n) is 4.77. The first-order valence-electron chi connectivity index (χ1n) is 12.8. The van der Waals surface area contributed by atoms with Crippen LogP contribution in [0.15, 0.2) is 42.9 Å². The molecule has 208 valence electrons. The fraction of sp³-hybridized carbons (Fsp3) is 0.276. The van der Waals surface area contributed by atoms with Crippen molar-refractivity contribution in [2.75, 3.05) is 31.6 Å². The number of ether oxygens (including phenoxy) is 1. The average molecular weight is 548 g/mol. The van der Waals surface area contributed by atoms with Crippen LogP contribution < -0.4 is 26.8 Å². The summed E-state index contributed by atoms with van der Waals surface area (Å²) in [6.07, 6.45) is 10.3. The van der Waals surface area contributed by atoms with Crippen LogP contribution in [0.2, 0.25) is 0 Å². The summed E-state index contributed by atoms with van der Waals surface area (Å²) in [5.74, 6) is -0.398. The number of fused-ring (bicyclic) bond motifs is 1. The van der Waals surface area contributed by atoms with E-state index in [1.807, 2.05) is 13.8 Å². The molecule has 2 heterocycles. The first-order chi connectivity index (χ1) is 19.3. The van der Waals surface area contributed by atoms with Crippen LogP contribution in [-0.2, 0) is 6.42 Å². The predicted molar refractivity (Wildman–Crippen MR) is 151 cm³/mol. The van der Waals surface area contributed by atoms with Crippen molar-refractivity contribution in [3.8, 4) is 29.4 Å². The van der Waals surface area contributed by atoms with E-state index in [9.17, 15) is 9.18 Å². The number of halogens is 2. The maximum Gasteiger partial charge on any atom is 0.248 e. The monoisotopic (exact) mass is 547 g/mol. The lowest BCUT2D eigenvalue weighted by Crippen LogP contribution is -2.27. The van der Waals surface area contributed by atoms with Crippen molar-refractivity contribution >= 4 is 23.1 Å². The maximum absolute atomic E-state index is 15.1. The Kier molecular flexibility index (Phi) is 8.93. The summed E-state index contributed by atoms with van der Waals surface area (Å²) in [4.78, 5) is 21.1. The van der Waals surface area contributed by atoms with Gasteiger partial charge in [-0.15, -0.1) is 6.42 Å². The zero-order chi connectivity index (χ0) is 28.8. The van der Waals surface area contributed by atoms with Gasteiger partial charge in [-0.25, -0.2) is 14.4 Å². The number of imidazole rings is 1. The average Bonchev–Trinajstić information content (AvgIpc) is 3.38. The Labute approximate surface area is 231 Å². The zero-order valence-electron chi connectivity index (χ0n) is 22.3. The number of amides is 1. The van der Waals surface area contributed by atoms with Gasteiger partial charge in [-0.05, 0) is 47.7 Å². The van der Waals surface area contributed by atoms with Gasteiger partial charge in [0.2, 0.25) is 11.7 Å². The number of aromatic nitrogens is 3. The van der Waals surface area contributed by atoms with Gasteiger partial charge in [-0.1, -0.05) is 19.8 Å². The number of terminal acetylenes is 1. The number of hydrogen-bond donors (Lipinski definition) is 4. The van der Waals surface area contributed by atoms with Gasteiger partial charge in [-0.3, -0.25) is 9.20 Å². The topological polar surface area (TPSA) is 133 Å². The molecule has 11 heteroatoms. The van der Waals surface area contributed by atoms with Crippen molar-refractivity contribution in [1.29, 1.82) is 0 Å². The number of nitrogens with zero attached hydrogens (tertiary/aromatic N) is 3. The SMILES string of the molecule is C#CCOc1ccc(-c2cnc3c(Nc4ccc(C(N)=O)c(CC)c4[C@H](C)CNCCN)nccn23)c(F)c1F. The number of primary amides is 1. The molecule has 6 N–H and O–H groups in total. The van der Waals surface area contributed by atoms with Crippen LogP contribution in [0.5, 0.6) is 5.75 Å². The molecule has 0 aliphatic heterocycles. The number of hydrogen-bond acceptors (Lipinski definition) is 7. The molecular formula is C29H31F2N7O2. The largest absolute Gasteiger partial charge is 0.478 e. The second kappa shape index (κ2) is 12.5. The van der Waals surface area contributed by atoms with Crippen LogP contribution in [0, 0.1) is 24.0 Å². The van der Waals surface area contributed by atoms with Gasteiger partial charge in [0.05, 0.1) is 11.9 Å². The molecule has 1 amide bonds. The van der Waals surface area contributed by atoms with Gasteiger partial charge in [-0.2, -0.15) is 4.39 Å². The minimum absolute atomic E-state index is 0.00502. The Bertz CT molecular complexity index is 1580. The van der Waals surface area contributed by atoms with Crippen molar-refractivity contribution in [2.24, 2.45) is 11.5 Å². The molecule has 0 spiro atoms. The molecule has 0 fully saturated rings. The lowest BCUT2D eigenvalue weighted by Gasteiger charge is -2.23. The Hall–Kier alpha value is -4.53. The Morgan fingerprint density at radius 1 is 1.23 bits per heavy atom. The summed E-state index contributed by atoms with van der Waals surface area (Å²) < 4.78 is 36.4. The Balaban J connectivity index is 1.77. The third kappa shape index (κ3) is 5.59. The molecule has 1 atom stereocenters. The van der Waals surface area contributed by atoms with E-state index in [-0.39, 0.29) is 23.8 Å². The lowest BCUT2D eigenvalue weighted by atomic mass is 9.88. The van der Waals surface area contributed by atoms with Crippen LogP contribution >= 0.6 is 0 Å². The summed E-state index contributed by atoms with van der Waals surface area (Å²) in [5, 5.41) is 6.66. The van der Waals surface area contributed by atoms with Crippen molar-refractivity contribution < 1.29 is 18.3 Å². The van der Waals surface area contributed by atoms with Crippen molar-refractivity contribution in [3.63, 3.8) is 0 Å². The Morgan fingerprint density at radius 3 is 2.73 bits per heavy atom. The minimum atomic E-state index is -1.14. The highest BCUT2D eigenvalue weighted by Crippen LogP contribution is 2.35. The number of anilines is 2. The van der Waals surface area contributed by atoms with Crippen LogP contribution in [0.25, 0.3) is 16.9 Å². The van der Waals surface area contributed by atoms with Crippen molar-refractivity contribution in [1.82, 2.24) is 19.7 Å². The van der Waals surface area contributed by atoms with Crippen molar-refractivity contribution in [3.05, 3.63) is 71.2 Å². The van der Waals surface area contributed by atoms with E-state index in [1.165, 1.54) is 24.5 Å². The smallest absolute Gasteiger partial charge is 0.248 e. The van der Waals surface area contributed by atoms with Crippen LogP contribution in [0.3, 0.4) is 0 Å². The van der Waals surface area contributed by atoms with E-state index in [0.29, 0.717) is 48.8 Å². The molecule has 0 bridgehead atoms. The Morgan fingerprint density at radius 2 is 2.02 bits per heavy atom. The third-order valence-electron chi connectivity index (χ3n) is 6.56. The maximum atomic E-state index is 15.1. The minimum Gasteiger partial charge on any atom is -0.478 e. The molecule has 0 radical (unpaired) electrons. The van der Waals surface area contributed by atoms with Gasteiger partial charge in [0.1, 0.15) is 6.61 Å². The van der Waals surface area contributed by atoms with Crippen LogP contribution in [0.4, 0.5) is 20.3 Å². The molecule has 0 saturated heterocycles. The molecule has 2 aromatic heterocycles. The summed E-state index contributed by atoms with van der Waals surface area (Å²) >= 11 is 0. The number of carbonyl (C=O) groups excluding carboxylic acids is 1. The lowest BCUT2D eigenvalue weighted by molar-refractivity contribution is 0.0999. The van der Waals surface area contributed by atoms with E-state index in [2.05, 4.69) is 26.5 Å². The fourth-order valence-corrected chi connectivity index (χ4v) is 4.77. The zero-order valence-corrected chi connectivity index (χ0v) is 22.3. The molecule has 0 aliphatic rings. The van der Waals surface area contributed by atoms with E-state index < -0.39 is 17.5 Å². The standard InChI is InChI=1S/C29H31F2N7O2/c1-4-14-40-23-9-7-20(25(30)26(23)31)22-16-36-29-28(35-12-13-38(22)29)37-21-8-6-19(27(33)39)18(5-2)24(21)17(3)15-34-11-10-32/h1,6-9,12-13,16-17,34H,5,10-11,14-15,32H2,2-3H3,(H2,33,39)(H,35,37)/t17-/m1/s1. The van der Waals surface area contributed by atoms with E-state index >= 15 is 4.39 Å².